The molecule has 3 heterocycles. The van der Waals surface area contributed by atoms with Crippen molar-refractivity contribution in [2.75, 3.05) is 38.2 Å². The van der Waals surface area contributed by atoms with Crippen LogP contribution < -0.4 is 10.1 Å². The van der Waals surface area contributed by atoms with E-state index in [1.807, 2.05) is 23.1 Å². The maximum atomic E-state index is 12.7. The van der Waals surface area contributed by atoms with Crippen LogP contribution in [0.2, 0.25) is 0 Å². The summed E-state index contributed by atoms with van der Waals surface area (Å²) in [6.07, 6.45) is 2.73. The third-order valence-corrected chi connectivity index (χ3v) is 6.72. The van der Waals surface area contributed by atoms with Crippen LogP contribution in [0.15, 0.2) is 18.2 Å². The van der Waals surface area contributed by atoms with Gasteiger partial charge in [0.15, 0.2) is 0 Å². The first-order valence-corrected chi connectivity index (χ1v) is 11.3. The monoisotopic (exact) mass is 430 g/mol. The lowest BCUT2D eigenvalue weighted by Gasteiger charge is -2.38. The lowest BCUT2D eigenvalue weighted by atomic mass is 9.84. The molecule has 8 heteroatoms. The molecule has 8 nitrogen and oxygen atoms in total. The first-order valence-electron chi connectivity index (χ1n) is 11.3. The number of amides is 2. The SMILES string of the molecule is O=C(CC1CC1)Nc1ccc2c(c1)[C@H]1C[C@H](CC(=O)N3CCOCC3)O[C@@H](CO)[C@H]1O2. The molecule has 0 spiro atoms. The molecule has 0 unspecified atom stereocenters. The minimum Gasteiger partial charge on any atom is -0.487 e. The van der Waals surface area contributed by atoms with Crippen molar-refractivity contribution in [3.8, 4) is 5.75 Å². The number of nitrogens with one attached hydrogen (secondary N) is 1. The summed E-state index contributed by atoms with van der Waals surface area (Å²) in [6, 6.07) is 5.71. The Labute approximate surface area is 181 Å². The summed E-state index contributed by atoms with van der Waals surface area (Å²) in [5, 5.41) is 12.9. The van der Waals surface area contributed by atoms with Crippen LogP contribution in [-0.4, -0.2) is 73.0 Å². The Balaban J connectivity index is 1.28. The van der Waals surface area contributed by atoms with E-state index in [9.17, 15) is 14.7 Å². The van der Waals surface area contributed by atoms with E-state index >= 15 is 0 Å². The highest BCUT2D eigenvalue weighted by atomic mass is 16.6. The van der Waals surface area contributed by atoms with E-state index in [1.54, 1.807) is 0 Å². The van der Waals surface area contributed by atoms with E-state index in [0.29, 0.717) is 45.1 Å². The Morgan fingerprint density at radius 2 is 1.97 bits per heavy atom. The van der Waals surface area contributed by atoms with E-state index in [0.717, 1.165) is 29.8 Å². The number of carbonyl (C=O) groups excluding carboxylic acids is 2. The third-order valence-electron chi connectivity index (χ3n) is 6.72. The normalized spacial score (nSPS) is 29.6. The Bertz CT molecular complexity index is 835. The van der Waals surface area contributed by atoms with Crippen molar-refractivity contribution in [3.63, 3.8) is 0 Å². The summed E-state index contributed by atoms with van der Waals surface area (Å²) in [5.74, 6) is 1.42. The van der Waals surface area contributed by atoms with Gasteiger partial charge in [-0.3, -0.25) is 9.59 Å². The minimum absolute atomic E-state index is 0.0173. The summed E-state index contributed by atoms with van der Waals surface area (Å²) in [5.41, 5.74) is 1.78. The van der Waals surface area contributed by atoms with Gasteiger partial charge in [0.05, 0.1) is 32.3 Å². The summed E-state index contributed by atoms with van der Waals surface area (Å²) in [4.78, 5) is 26.8. The minimum atomic E-state index is -0.485. The van der Waals surface area contributed by atoms with Crippen LogP contribution in [0.25, 0.3) is 0 Å². The molecule has 5 rings (SSSR count). The number of aliphatic hydroxyl groups excluding tert-OH is 1. The van der Waals surface area contributed by atoms with Crippen molar-refractivity contribution in [1.29, 1.82) is 0 Å². The van der Waals surface area contributed by atoms with Crippen molar-refractivity contribution >= 4 is 17.5 Å². The standard InChI is InChI=1S/C23H30N2O6/c26-13-20-23-18(11-16(30-20)12-22(28)25-5-7-29-8-6-25)17-10-15(3-4-19(17)31-23)24-21(27)9-14-1-2-14/h3-4,10,14,16,18,20,23,26H,1-2,5-9,11-13H2,(H,24,27)/t16-,18-,20+,23+/m1/s1. The molecule has 1 saturated carbocycles. The van der Waals surface area contributed by atoms with Gasteiger partial charge in [0.25, 0.3) is 0 Å². The molecule has 0 bridgehead atoms. The molecule has 4 atom stereocenters. The van der Waals surface area contributed by atoms with Crippen molar-refractivity contribution in [2.45, 2.75) is 56.3 Å². The average molecular weight is 431 g/mol. The van der Waals surface area contributed by atoms with Crippen molar-refractivity contribution in [2.24, 2.45) is 5.92 Å². The lowest BCUT2D eigenvalue weighted by Crippen LogP contribution is -2.48. The third kappa shape index (κ3) is 4.56. The van der Waals surface area contributed by atoms with Gasteiger partial charge in [-0.25, -0.2) is 0 Å². The smallest absolute Gasteiger partial charge is 0.225 e. The highest BCUT2D eigenvalue weighted by molar-refractivity contribution is 5.91. The first-order chi connectivity index (χ1) is 15.1. The molecule has 168 valence electrons. The predicted octanol–water partition coefficient (Wildman–Crippen LogP) is 1.67. The van der Waals surface area contributed by atoms with Gasteiger partial charge < -0.3 is 29.5 Å². The zero-order valence-corrected chi connectivity index (χ0v) is 17.6. The molecule has 2 N–H and O–H groups in total. The van der Waals surface area contributed by atoms with Crippen molar-refractivity contribution < 1.29 is 28.9 Å². The molecule has 1 aromatic rings. The predicted molar refractivity (Wildman–Crippen MR) is 112 cm³/mol. The summed E-state index contributed by atoms with van der Waals surface area (Å²) in [6.45, 7) is 2.19. The summed E-state index contributed by atoms with van der Waals surface area (Å²) >= 11 is 0. The Morgan fingerprint density at radius 3 is 2.71 bits per heavy atom. The largest absolute Gasteiger partial charge is 0.487 e. The van der Waals surface area contributed by atoms with Crippen LogP contribution in [-0.2, 0) is 19.1 Å². The second-order valence-corrected chi connectivity index (χ2v) is 9.05. The van der Waals surface area contributed by atoms with E-state index < -0.39 is 6.10 Å². The molecule has 3 fully saturated rings. The fourth-order valence-electron chi connectivity index (χ4n) is 4.90. The Kier molecular flexibility index (Phi) is 5.86. The zero-order valence-electron chi connectivity index (χ0n) is 17.6. The number of benzene rings is 1. The number of ether oxygens (including phenoxy) is 3. The highest BCUT2D eigenvalue weighted by Gasteiger charge is 2.46. The van der Waals surface area contributed by atoms with Gasteiger partial charge in [0.2, 0.25) is 11.8 Å². The van der Waals surface area contributed by atoms with Gasteiger partial charge in [0.1, 0.15) is 18.0 Å². The van der Waals surface area contributed by atoms with Crippen LogP contribution in [0.4, 0.5) is 5.69 Å². The molecular weight excluding hydrogens is 400 g/mol. The molecule has 0 radical (unpaired) electrons. The number of aliphatic hydroxyl groups is 1. The van der Waals surface area contributed by atoms with Crippen LogP contribution in [0, 0.1) is 5.92 Å². The Morgan fingerprint density at radius 1 is 1.16 bits per heavy atom. The average Bonchev–Trinajstić information content (AvgIpc) is 3.52. The van der Waals surface area contributed by atoms with Gasteiger partial charge in [-0.15, -0.1) is 0 Å². The van der Waals surface area contributed by atoms with Gasteiger partial charge in [-0.05, 0) is 43.4 Å². The molecule has 31 heavy (non-hydrogen) atoms. The fourth-order valence-corrected chi connectivity index (χ4v) is 4.90. The number of anilines is 1. The van der Waals surface area contributed by atoms with Gasteiger partial charge >= 0.3 is 0 Å². The molecule has 2 saturated heterocycles. The van der Waals surface area contributed by atoms with Crippen molar-refractivity contribution in [3.05, 3.63) is 23.8 Å². The molecule has 3 aliphatic heterocycles. The topological polar surface area (TPSA) is 97.3 Å². The van der Waals surface area contributed by atoms with E-state index in [-0.39, 0.29) is 43.0 Å². The molecule has 1 aromatic carbocycles. The number of nitrogens with zero attached hydrogens (tertiary/aromatic N) is 1. The maximum Gasteiger partial charge on any atom is 0.225 e. The number of morpholine rings is 1. The number of carbonyl (C=O) groups is 2. The van der Waals surface area contributed by atoms with E-state index in [2.05, 4.69) is 5.32 Å². The molecule has 4 aliphatic rings. The van der Waals surface area contributed by atoms with Gasteiger partial charge in [-0.2, -0.15) is 0 Å². The Hall–Kier alpha value is -2.16. The van der Waals surface area contributed by atoms with E-state index in [4.69, 9.17) is 14.2 Å². The van der Waals surface area contributed by atoms with Crippen molar-refractivity contribution in [1.82, 2.24) is 4.90 Å². The number of fused-ring (bicyclic) bond motifs is 3. The van der Waals surface area contributed by atoms with Crippen LogP contribution in [0.5, 0.6) is 5.75 Å². The van der Waals surface area contributed by atoms with Crippen LogP contribution >= 0.6 is 0 Å². The van der Waals surface area contributed by atoms with Crippen LogP contribution in [0.1, 0.15) is 43.6 Å². The molecule has 2 amide bonds. The second kappa shape index (κ2) is 8.76. The molecule has 0 aromatic heterocycles. The number of rotatable bonds is 6. The van der Waals surface area contributed by atoms with Crippen LogP contribution in [0.3, 0.4) is 0 Å². The zero-order chi connectivity index (χ0) is 21.4. The quantitative estimate of drug-likeness (QED) is 0.713. The van der Waals surface area contributed by atoms with Gasteiger partial charge in [-0.1, -0.05) is 0 Å². The second-order valence-electron chi connectivity index (χ2n) is 9.05. The first kappa shape index (κ1) is 20.7. The summed E-state index contributed by atoms with van der Waals surface area (Å²) in [7, 11) is 0. The molecular formula is C23H30N2O6. The fraction of sp³-hybridized carbons (Fsp3) is 0.652. The lowest BCUT2D eigenvalue weighted by molar-refractivity contribution is -0.151. The number of hydrogen-bond acceptors (Lipinski definition) is 6. The number of hydrogen-bond donors (Lipinski definition) is 2. The van der Waals surface area contributed by atoms with E-state index in [1.165, 1.54) is 0 Å². The molecule has 1 aliphatic carbocycles. The highest BCUT2D eigenvalue weighted by Crippen LogP contribution is 2.47. The van der Waals surface area contributed by atoms with Gasteiger partial charge in [0, 0.05) is 36.7 Å². The maximum absolute atomic E-state index is 12.7. The summed E-state index contributed by atoms with van der Waals surface area (Å²) < 4.78 is 17.5.